The molecule has 1 atom stereocenters. The van der Waals surface area contributed by atoms with E-state index in [4.69, 9.17) is 9.47 Å². The molecule has 0 radical (unpaired) electrons. The lowest BCUT2D eigenvalue weighted by Gasteiger charge is -2.14. The van der Waals surface area contributed by atoms with Gasteiger partial charge in [0, 0.05) is 18.2 Å². The topological polar surface area (TPSA) is 102 Å². The number of phenols is 1. The van der Waals surface area contributed by atoms with Crippen LogP contribution >= 0.6 is 0 Å². The van der Waals surface area contributed by atoms with Crippen LogP contribution in [0.25, 0.3) is 0 Å². The third-order valence-electron chi connectivity index (χ3n) is 3.58. The van der Waals surface area contributed by atoms with Crippen molar-refractivity contribution in [1.29, 1.82) is 0 Å². The highest BCUT2D eigenvalue weighted by Crippen LogP contribution is 2.30. The quantitative estimate of drug-likeness (QED) is 0.609. The zero-order valence-corrected chi connectivity index (χ0v) is 14.6. The normalized spacial score (nSPS) is 11.3. The van der Waals surface area contributed by atoms with Gasteiger partial charge in [0.1, 0.15) is 5.56 Å². The van der Waals surface area contributed by atoms with Gasteiger partial charge in [-0.2, -0.15) is 0 Å². The van der Waals surface area contributed by atoms with Crippen molar-refractivity contribution in [2.24, 2.45) is 0 Å². The summed E-state index contributed by atoms with van der Waals surface area (Å²) in [5, 5.41) is 12.6. The maximum absolute atomic E-state index is 12.4. The van der Waals surface area contributed by atoms with Crippen molar-refractivity contribution in [2.75, 3.05) is 12.4 Å². The van der Waals surface area contributed by atoms with E-state index in [0.29, 0.717) is 11.3 Å². The molecule has 2 aromatic carbocycles. The number of hydrogen-bond donors (Lipinski definition) is 2. The summed E-state index contributed by atoms with van der Waals surface area (Å²) in [5.74, 6) is -1.68. The molecule has 2 N–H and O–H groups in total. The Morgan fingerprint density at radius 3 is 2.31 bits per heavy atom. The lowest BCUT2D eigenvalue weighted by molar-refractivity contribution is -0.114. The molecule has 2 aromatic rings. The van der Waals surface area contributed by atoms with Crippen molar-refractivity contribution < 1.29 is 29.0 Å². The van der Waals surface area contributed by atoms with Crippen LogP contribution in [-0.4, -0.2) is 36.0 Å². The molecule has 0 aliphatic rings. The Hall–Kier alpha value is -3.35. The van der Waals surface area contributed by atoms with Crippen molar-refractivity contribution in [3.05, 3.63) is 53.6 Å². The minimum Gasteiger partial charge on any atom is -0.504 e. The Balaban J connectivity index is 2.09. The van der Waals surface area contributed by atoms with Crippen LogP contribution in [0.15, 0.2) is 42.5 Å². The van der Waals surface area contributed by atoms with Gasteiger partial charge in [-0.3, -0.25) is 9.59 Å². The number of esters is 1. The average molecular weight is 357 g/mol. The van der Waals surface area contributed by atoms with Gasteiger partial charge in [0.25, 0.3) is 0 Å². The summed E-state index contributed by atoms with van der Waals surface area (Å²) < 4.78 is 10.1. The molecule has 0 saturated carbocycles. The van der Waals surface area contributed by atoms with E-state index in [9.17, 15) is 19.5 Å². The van der Waals surface area contributed by atoms with E-state index < -0.39 is 17.9 Å². The van der Waals surface area contributed by atoms with Crippen LogP contribution in [0.3, 0.4) is 0 Å². The lowest BCUT2D eigenvalue weighted by Crippen LogP contribution is -2.24. The predicted molar refractivity (Wildman–Crippen MR) is 94.6 cm³/mol. The van der Waals surface area contributed by atoms with Crippen molar-refractivity contribution in [3.8, 4) is 11.5 Å². The van der Waals surface area contributed by atoms with Gasteiger partial charge in [0.05, 0.1) is 7.11 Å². The van der Waals surface area contributed by atoms with Gasteiger partial charge in [-0.05, 0) is 43.3 Å². The maximum Gasteiger partial charge on any atom is 0.342 e. The van der Waals surface area contributed by atoms with Crippen LogP contribution in [-0.2, 0) is 9.53 Å². The zero-order valence-electron chi connectivity index (χ0n) is 14.6. The molecule has 1 amide bonds. The number of para-hydroxylation sites is 1. The molecule has 26 heavy (non-hydrogen) atoms. The number of carbonyl (C=O) groups excluding carboxylic acids is 3. The third-order valence-corrected chi connectivity index (χ3v) is 3.58. The largest absolute Gasteiger partial charge is 0.504 e. The van der Waals surface area contributed by atoms with Crippen molar-refractivity contribution >= 4 is 23.3 Å². The van der Waals surface area contributed by atoms with Gasteiger partial charge < -0.3 is 19.9 Å². The first-order chi connectivity index (χ1) is 12.3. The number of Topliss-reactive ketones (excluding diaryl/α,β-unsaturated/α-hetero) is 1. The molecule has 0 spiro atoms. The molecule has 2 rings (SSSR count). The second kappa shape index (κ2) is 8.15. The average Bonchev–Trinajstić information content (AvgIpc) is 2.61. The number of nitrogens with one attached hydrogen (secondary N) is 1. The summed E-state index contributed by atoms with van der Waals surface area (Å²) in [6.45, 7) is 2.83. The lowest BCUT2D eigenvalue weighted by atomic mass is 10.1. The molecule has 136 valence electrons. The van der Waals surface area contributed by atoms with Crippen LogP contribution in [0.2, 0.25) is 0 Å². The van der Waals surface area contributed by atoms with Crippen molar-refractivity contribution in [1.82, 2.24) is 0 Å². The maximum atomic E-state index is 12.4. The third kappa shape index (κ3) is 4.38. The Bertz CT molecular complexity index is 828. The van der Waals surface area contributed by atoms with E-state index in [1.54, 1.807) is 12.1 Å². The number of aromatic hydroxyl groups is 1. The standard InChI is InChI=1S/C19H19NO6/c1-11(17(22)13-7-9-14(10-8-13)20-12(2)21)26-19(24)15-5-4-6-16(25-3)18(15)23/h4-11,23H,1-3H3,(H,20,21)/t11-/m0/s1. The van der Waals surface area contributed by atoms with E-state index in [0.717, 1.165) is 0 Å². The van der Waals surface area contributed by atoms with Gasteiger partial charge in [-0.1, -0.05) is 6.07 Å². The summed E-state index contributed by atoms with van der Waals surface area (Å²) in [4.78, 5) is 35.6. The number of amides is 1. The first kappa shape index (κ1) is 19.0. The number of anilines is 1. The first-order valence-electron chi connectivity index (χ1n) is 7.82. The van der Waals surface area contributed by atoms with Gasteiger partial charge in [0.15, 0.2) is 17.6 Å². The molecule has 7 nitrogen and oxygen atoms in total. The Kier molecular flexibility index (Phi) is 5.95. The van der Waals surface area contributed by atoms with Gasteiger partial charge in [-0.25, -0.2) is 4.79 Å². The van der Waals surface area contributed by atoms with Crippen LogP contribution in [0, 0.1) is 0 Å². The van der Waals surface area contributed by atoms with E-state index >= 15 is 0 Å². The fourth-order valence-corrected chi connectivity index (χ4v) is 2.29. The van der Waals surface area contributed by atoms with Crippen LogP contribution in [0.1, 0.15) is 34.6 Å². The highest BCUT2D eigenvalue weighted by molar-refractivity contribution is 6.02. The molecule has 0 saturated heterocycles. The SMILES string of the molecule is COc1cccc(C(=O)O[C@@H](C)C(=O)c2ccc(NC(C)=O)cc2)c1O. The number of phenolic OH excluding ortho intramolecular Hbond substituents is 1. The first-order valence-corrected chi connectivity index (χ1v) is 7.82. The highest BCUT2D eigenvalue weighted by Gasteiger charge is 2.23. The number of hydrogen-bond acceptors (Lipinski definition) is 6. The number of methoxy groups -OCH3 is 1. The summed E-state index contributed by atoms with van der Waals surface area (Å²) in [5.41, 5.74) is 0.791. The molecule has 0 bridgehead atoms. The number of carbonyl (C=O) groups is 3. The molecule has 0 fully saturated rings. The molecule has 0 heterocycles. The van der Waals surface area contributed by atoms with Gasteiger partial charge in [0.2, 0.25) is 11.7 Å². The second-order valence-electron chi connectivity index (χ2n) is 5.53. The van der Waals surface area contributed by atoms with E-state index in [1.807, 2.05) is 0 Å². The van der Waals surface area contributed by atoms with E-state index in [1.165, 1.54) is 51.3 Å². The smallest absolute Gasteiger partial charge is 0.342 e. The number of benzene rings is 2. The predicted octanol–water partition coefficient (Wildman–Crippen LogP) is 2.79. The number of rotatable bonds is 6. The van der Waals surface area contributed by atoms with E-state index in [-0.39, 0.29) is 23.0 Å². The zero-order chi connectivity index (χ0) is 19.3. The number of ether oxygens (including phenoxy) is 2. The molecule has 0 aliphatic carbocycles. The van der Waals surface area contributed by atoms with Crippen molar-refractivity contribution in [2.45, 2.75) is 20.0 Å². The Morgan fingerprint density at radius 2 is 1.73 bits per heavy atom. The van der Waals surface area contributed by atoms with Gasteiger partial charge in [-0.15, -0.1) is 0 Å². The van der Waals surface area contributed by atoms with Crippen LogP contribution < -0.4 is 10.1 Å². The molecule has 0 aliphatic heterocycles. The minimum atomic E-state index is -1.06. The molecule has 0 aromatic heterocycles. The molecular weight excluding hydrogens is 338 g/mol. The second-order valence-corrected chi connectivity index (χ2v) is 5.53. The molecule has 0 unspecified atom stereocenters. The van der Waals surface area contributed by atoms with Crippen LogP contribution in [0.5, 0.6) is 11.5 Å². The fraction of sp³-hybridized carbons (Fsp3) is 0.211. The summed E-state index contributed by atoms with van der Waals surface area (Å²) in [6, 6.07) is 10.6. The van der Waals surface area contributed by atoms with Crippen LogP contribution in [0.4, 0.5) is 5.69 Å². The summed E-state index contributed by atoms with van der Waals surface area (Å²) >= 11 is 0. The van der Waals surface area contributed by atoms with Gasteiger partial charge >= 0.3 is 5.97 Å². The Morgan fingerprint density at radius 1 is 1.08 bits per heavy atom. The molecular formula is C19H19NO6. The summed E-state index contributed by atoms with van der Waals surface area (Å²) in [6.07, 6.45) is -1.06. The Labute approximate surface area is 150 Å². The molecule has 7 heteroatoms. The fourth-order valence-electron chi connectivity index (χ4n) is 2.29. The monoisotopic (exact) mass is 357 g/mol. The minimum absolute atomic E-state index is 0.0926. The highest BCUT2D eigenvalue weighted by atomic mass is 16.5. The van der Waals surface area contributed by atoms with E-state index in [2.05, 4.69) is 5.32 Å². The van der Waals surface area contributed by atoms with Crippen molar-refractivity contribution in [3.63, 3.8) is 0 Å². The number of ketones is 1. The summed E-state index contributed by atoms with van der Waals surface area (Å²) in [7, 11) is 1.36.